The Labute approximate surface area is 220 Å². The fraction of sp³-hybridized carbons (Fsp3) is 0.458. The van der Waals surface area contributed by atoms with E-state index in [1.54, 1.807) is 6.07 Å². The molecule has 1 unspecified atom stereocenters. The molecule has 2 aromatic rings. The number of likely N-dealkylation sites (tertiary alicyclic amines) is 1. The molecule has 15 heteroatoms. The summed E-state index contributed by atoms with van der Waals surface area (Å²) in [7, 11) is 2.43. The van der Waals surface area contributed by atoms with Gasteiger partial charge in [-0.05, 0) is 17.7 Å². The summed E-state index contributed by atoms with van der Waals surface area (Å²) in [5, 5.41) is 119. The summed E-state index contributed by atoms with van der Waals surface area (Å²) in [6.45, 7) is -0.958. The second kappa shape index (κ2) is 8.87. The Kier molecular flexibility index (Phi) is 6.64. The first-order valence-corrected chi connectivity index (χ1v) is 11.4. The van der Waals surface area contributed by atoms with Crippen LogP contribution in [0, 0.1) is 5.92 Å². The fourth-order valence-electron chi connectivity index (χ4n) is 5.14. The number of piperidine rings is 1. The van der Waals surface area contributed by atoms with Gasteiger partial charge in [-0.3, -0.25) is 4.79 Å². The molecule has 0 saturated carbocycles. The Bertz CT molecular complexity index is 1250. The van der Waals surface area contributed by atoms with Gasteiger partial charge in [0.2, 0.25) is 5.79 Å². The lowest BCUT2D eigenvalue weighted by Gasteiger charge is -2.63. The van der Waals surface area contributed by atoms with E-state index in [4.69, 9.17) is 9.47 Å². The topological polar surface area (TPSA) is 261 Å². The third-order valence-electron chi connectivity index (χ3n) is 7.51. The van der Waals surface area contributed by atoms with Crippen molar-refractivity contribution in [3.8, 4) is 11.5 Å². The van der Waals surface area contributed by atoms with Crippen LogP contribution in [0.4, 0.5) is 0 Å². The average Bonchev–Trinajstić information content (AvgIpc) is 3.05. The maximum atomic E-state index is 13.2. The summed E-state index contributed by atoms with van der Waals surface area (Å²) in [5.41, 5.74) is -5.09. The highest BCUT2D eigenvalue weighted by Gasteiger charge is 2.85. The molecular weight excluding hydrogens is 526 g/mol. The van der Waals surface area contributed by atoms with Crippen molar-refractivity contribution in [1.82, 2.24) is 4.90 Å². The highest BCUT2D eigenvalue weighted by Crippen LogP contribution is 2.56. The molecule has 0 spiro atoms. The minimum Gasteiger partial charge on any atom is -0.493 e. The molecule has 4 rings (SSSR count). The SMILES string of the molecule is COc1cc2c(cc1OC)C(O)(O)C(CC1(O)C(O)(O)C(O)(O)N(Cc3ccccc3)C(O)(O)C1(O)O)C2=O. The number of hydrogen-bond donors (Lipinski definition) is 11. The first kappa shape index (κ1) is 29.2. The number of methoxy groups -OCH3 is 2. The van der Waals surface area contributed by atoms with Gasteiger partial charge in [-0.25, -0.2) is 0 Å². The van der Waals surface area contributed by atoms with E-state index in [0.717, 1.165) is 12.1 Å². The van der Waals surface area contributed by atoms with Crippen LogP contribution in [0.15, 0.2) is 42.5 Å². The maximum absolute atomic E-state index is 13.2. The summed E-state index contributed by atoms with van der Waals surface area (Å²) in [6, 6.07) is 9.18. The minimum atomic E-state index is -4.49. The summed E-state index contributed by atoms with van der Waals surface area (Å²) in [6.07, 6.45) is -1.77. The Morgan fingerprint density at radius 3 is 1.74 bits per heavy atom. The van der Waals surface area contributed by atoms with E-state index in [1.807, 2.05) is 0 Å². The normalized spacial score (nSPS) is 25.7. The molecular formula is C24H29NO14. The summed E-state index contributed by atoms with van der Waals surface area (Å²) in [5.74, 6) is -24.4. The van der Waals surface area contributed by atoms with Gasteiger partial charge in [-0.15, -0.1) is 0 Å². The molecule has 0 radical (unpaired) electrons. The van der Waals surface area contributed by atoms with Crippen LogP contribution in [0.5, 0.6) is 11.5 Å². The Morgan fingerprint density at radius 1 is 0.769 bits per heavy atom. The fourth-order valence-corrected chi connectivity index (χ4v) is 5.14. The van der Waals surface area contributed by atoms with Crippen molar-refractivity contribution in [1.29, 1.82) is 0 Å². The van der Waals surface area contributed by atoms with Crippen LogP contribution in [0.3, 0.4) is 0 Å². The molecule has 0 bridgehead atoms. The number of carbonyl (C=O) groups is 1. The van der Waals surface area contributed by atoms with Crippen LogP contribution < -0.4 is 9.47 Å². The number of ether oxygens (including phenoxy) is 2. The number of nitrogens with zero attached hydrogens (tertiary/aromatic N) is 1. The lowest BCUT2D eigenvalue weighted by atomic mass is 9.68. The highest BCUT2D eigenvalue weighted by atomic mass is 16.7. The zero-order chi connectivity index (χ0) is 29.4. The zero-order valence-electron chi connectivity index (χ0n) is 20.6. The number of Topliss-reactive ketones (excluding diaryl/α,β-unsaturated/α-hetero) is 1. The van der Waals surface area contributed by atoms with Crippen LogP contribution in [-0.4, -0.2) is 110 Å². The molecule has 15 nitrogen and oxygen atoms in total. The van der Waals surface area contributed by atoms with Gasteiger partial charge in [0.05, 0.1) is 20.1 Å². The van der Waals surface area contributed by atoms with Crippen molar-refractivity contribution in [2.75, 3.05) is 14.2 Å². The van der Waals surface area contributed by atoms with Gasteiger partial charge < -0.3 is 65.6 Å². The van der Waals surface area contributed by atoms with Crippen molar-refractivity contribution < 1.29 is 70.4 Å². The number of ketones is 1. The largest absolute Gasteiger partial charge is 0.493 e. The van der Waals surface area contributed by atoms with Gasteiger partial charge in [0.1, 0.15) is 0 Å². The van der Waals surface area contributed by atoms with E-state index in [9.17, 15) is 61.0 Å². The minimum absolute atomic E-state index is 0.0271. The Hall–Kier alpha value is -2.77. The predicted octanol–water partition coefficient (Wildman–Crippen LogP) is -4.07. The number of hydrogen-bond acceptors (Lipinski definition) is 15. The van der Waals surface area contributed by atoms with Gasteiger partial charge in [-0.2, -0.15) is 4.90 Å². The van der Waals surface area contributed by atoms with E-state index in [-0.39, 0.29) is 22.0 Å². The molecule has 1 aliphatic carbocycles. The molecule has 39 heavy (non-hydrogen) atoms. The molecule has 1 atom stereocenters. The monoisotopic (exact) mass is 555 g/mol. The lowest BCUT2D eigenvalue weighted by Crippen LogP contribution is -2.93. The highest BCUT2D eigenvalue weighted by molar-refractivity contribution is 6.04. The molecule has 1 fully saturated rings. The molecule has 2 aromatic carbocycles. The van der Waals surface area contributed by atoms with E-state index in [0.29, 0.717) is 0 Å². The van der Waals surface area contributed by atoms with Crippen molar-refractivity contribution >= 4 is 5.78 Å². The third kappa shape index (κ3) is 3.72. The summed E-state index contributed by atoms with van der Waals surface area (Å²) < 4.78 is 10.1. The quantitative estimate of drug-likeness (QED) is 0.151. The molecule has 214 valence electrons. The molecule has 1 saturated heterocycles. The maximum Gasteiger partial charge on any atom is 0.289 e. The van der Waals surface area contributed by atoms with E-state index in [2.05, 4.69) is 0 Å². The zero-order valence-corrected chi connectivity index (χ0v) is 20.6. The number of benzene rings is 2. The smallest absolute Gasteiger partial charge is 0.289 e. The van der Waals surface area contributed by atoms with Gasteiger partial charge in [0.25, 0.3) is 23.4 Å². The third-order valence-corrected chi connectivity index (χ3v) is 7.51. The van der Waals surface area contributed by atoms with Crippen LogP contribution in [0.25, 0.3) is 0 Å². The van der Waals surface area contributed by atoms with Crippen LogP contribution in [0.2, 0.25) is 0 Å². The van der Waals surface area contributed by atoms with Gasteiger partial charge in [0, 0.05) is 24.1 Å². The standard InChI is InChI=1S/C24H29NO14/c1-38-16-8-13-14(9-17(16)39-2)20(28,29)15(18(13)26)10-19(27)21(30,31)23(34,35)25(24(36,37)22(19,32)33)11-12-6-4-3-5-7-12/h3-9,15,27-37H,10-11H2,1-2H3. The van der Waals surface area contributed by atoms with Gasteiger partial charge in [-0.1, -0.05) is 30.3 Å². The van der Waals surface area contributed by atoms with Crippen molar-refractivity contribution in [2.45, 2.75) is 47.8 Å². The second-order valence-electron chi connectivity index (χ2n) is 9.65. The number of fused-ring (bicyclic) bond motifs is 1. The first-order valence-electron chi connectivity index (χ1n) is 11.4. The van der Waals surface area contributed by atoms with E-state index < -0.39 is 70.6 Å². The number of carbonyl (C=O) groups excluding carboxylic acids is 1. The van der Waals surface area contributed by atoms with Gasteiger partial charge in [0.15, 0.2) is 22.9 Å². The van der Waals surface area contributed by atoms with E-state index >= 15 is 0 Å². The van der Waals surface area contributed by atoms with Crippen LogP contribution >= 0.6 is 0 Å². The average molecular weight is 555 g/mol. The molecule has 11 N–H and O–H groups in total. The first-order chi connectivity index (χ1) is 17.8. The molecule has 2 aliphatic rings. The van der Waals surface area contributed by atoms with E-state index in [1.165, 1.54) is 38.5 Å². The number of aliphatic hydroxyl groups is 11. The predicted molar refractivity (Wildman–Crippen MR) is 124 cm³/mol. The molecule has 0 aromatic heterocycles. The Morgan fingerprint density at radius 2 is 1.26 bits per heavy atom. The van der Waals surface area contributed by atoms with Crippen LogP contribution in [-0.2, 0) is 12.3 Å². The lowest BCUT2D eigenvalue weighted by molar-refractivity contribution is -0.598. The summed E-state index contributed by atoms with van der Waals surface area (Å²) >= 11 is 0. The molecule has 1 aliphatic heterocycles. The molecule has 0 amide bonds. The second-order valence-corrected chi connectivity index (χ2v) is 9.65. The summed E-state index contributed by atoms with van der Waals surface area (Å²) in [4.78, 5) is 12.9. The Balaban J connectivity index is 1.82. The van der Waals surface area contributed by atoms with Crippen molar-refractivity contribution in [3.05, 3.63) is 59.2 Å². The van der Waals surface area contributed by atoms with Crippen LogP contribution in [0.1, 0.15) is 27.9 Å². The molecule has 1 heterocycles. The van der Waals surface area contributed by atoms with Crippen molar-refractivity contribution in [2.24, 2.45) is 5.92 Å². The number of rotatable bonds is 6. The van der Waals surface area contributed by atoms with Gasteiger partial charge >= 0.3 is 0 Å². The van der Waals surface area contributed by atoms with Crippen molar-refractivity contribution in [3.63, 3.8) is 0 Å².